The number of anilines is 2. The molecule has 3 rings (SSSR count). The molecule has 1 saturated heterocycles. The molecule has 1 aromatic heterocycles. The van der Waals surface area contributed by atoms with Crippen LogP contribution in [0.3, 0.4) is 0 Å². The quantitative estimate of drug-likeness (QED) is 0.697. The molecule has 1 aliphatic rings. The minimum absolute atomic E-state index is 0.352. The van der Waals surface area contributed by atoms with Crippen LogP contribution in [0.2, 0.25) is 0 Å². The summed E-state index contributed by atoms with van der Waals surface area (Å²) in [6.07, 6.45) is 0.294. The highest BCUT2D eigenvalue weighted by molar-refractivity contribution is 7.14. The molecular weight excluding hydrogens is 404 g/mol. The second-order valence-electron chi connectivity index (χ2n) is 7.48. The van der Waals surface area contributed by atoms with Crippen molar-refractivity contribution >= 4 is 34.7 Å². The van der Waals surface area contributed by atoms with Gasteiger partial charge in [0.2, 0.25) is 6.41 Å². The lowest BCUT2D eigenvalue weighted by molar-refractivity contribution is -0.105. The average molecular weight is 435 g/mol. The zero-order chi connectivity index (χ0) is 22.0. The summed E-state index contributed by atoms with van der Waals surface area (Å²) in [5.74, 6) is 0. The van der Waals surface area contributed by atoms with E-state index in [0.717, 1.165) is 37.6 Å². The fourth-order valence-electron chi connectivity index (χ4n) is 2.67. The number of carbonyl (C=O) groups is 2. The zero-order valence-corrected chi connectivity index (χ0v) is 18.8. The smallest absolute Gasteiger partial charge is 0.407 e. The van der Waals surface area contributed by atoms with Gasteiger partial charge in [0, 0.05) is 36.3 Å². The van der Waals surface area contributed by atoms with Crippen molar-refractivity contribution < 1.29 is 19.1 Å². The van der Waals surface area contributed by atoms with Crippen molar-refractivity contribution in [2.24, 2.45) is 0 Å². The van der Waals surface area contributed by atoms with Gasteiger partial charge in [-0.1, -0.05) is 12.1 Å². The molecule has 9 heteroatoms. The molecule has 1 fully saturated rings. The van der Waals surface area contributed by atoms with Crippen molar-refractivity contribution in [3.8, 4) is 11.3 Å². The highest BCUT2D eigenvalue weighted by Gasteiger charge is 2.15. The molecule has 0 aliphatic carbocycles. The van der Waals surface area contributed by atoms with E-state index in [4.69, 9.17) is 9.47 Å². The first kappa shape index (κ1) is 23.6. The first-order chi connectivity index (χ1) is 14.3. The van der Waals surface area contributed by atoms with E-state index in [1.54, 1.807) is 0 Å². The zero-order valence-electron chi connectivity index (χ0n) is 17.9. The third-order valence-corrected chi connectivity index (χ3v) is 4.70. The predicted octanol–water partition coefficient (Wildman–Crippen LogP) is 3.75. The van der Waals surface area contributed by atoms with Gasteiger partial charge in [0.05, 0.1) is 18.9 Å². The van der Waals surface area contributed by atoms with Gasteiger partial charge in [-0.25, -0.2) is 9.78 Å². The molecule has 1 aliphatic heterocycles. The third kappa shape index (κ3) is 8.00. The van der Waals surface area contributed by atoms with E-state index in [1.165, 1.54) is 17.0 Å². The first-order valence-electron chi connectivity index (χ1n) is 9.88. The van der Waals surface area contributed by atoms with Gasteiger partial charge in [0.1, 0.15) is 5.60 Å². The molecule has 0 atom stereocenters. The summed E-state index contributed by atoms with van der Waals surface area (Å²) >= 11 is 1.42. The summed E-state index contributed by atoms with van der Waals surface area (Å²) in [6, 6.07) is 8.30. The van der Waals surface area contributed by atoms with E-state index < -0.39 is 0 Å². The predicted molar refractivity (Wildman–Crippen MR) is 120 cm³/mol. The van der Waals surface area contributed by atoms with Gasteiger partial charge in [0.25, 0.3) is 0 Å². The topological polar surface area (TPSA) is 92.8 Å². The van der Waals surface area contributed by atoms with Crippen molar-refractivity contribution in [1.29, 1.82) is 0 Å². The second kappa shape index (κ2) is 11.5. The molecule has 2 N–H and O–H groups in total. The Morgan fingerprint density at radius 1 is 1.33 bits per heavy atom. The van der Waals surface area contributed by atoms with Gasteiger partial charge in [-0.2, -0.15) is 0 Å². The average Bonchev–Trinajstić information content (AvgIpc) is 3.17. The van der Waals surface area contributed by atoms with Crippen LogP contribution in [-0.2, 0) is 14.3 Å². The van der Waals surface area contributed by atoms with Gasteiger partial charge in [-0.3, -0.25) is 4.79 Å². The number of morpholine rings is 1. The Bertz CT molecular complexity index is 813. The fourth-order valence-corrected chi connectivity index (χ4v) is 3.34. The number of hydrogen-bond acceptors (Lipinski definition) is 7. The summed E-state index contributed by atoms with van der Waals surface area (Å²) in [6.45, 7) is 11.3. The van der Waals surface area contributed by atoms with Gasteiger partial charge >= 0.3 is 6.09 Å². The number of amides is 2. The summed E-state index contributed by atoms with van der Waals surface area (Å²) in [5, 5.41) is 7.68. The van der Waals surface area contributed by atoms with E-state index in [2.05, 4.69) is 32.7 Å². The van der Waals surface area contributed by atoms with Crippen LogP contribution in [0.4, 0.5) is 15.6 Å². The SMILES string of the molecule is CCNC(=O)OC(C)(C)C.O=CNc1nc(-c2cccc(N3CCOCC3)c2)cs1. The van der Waals surface area contributed by atoms with Gasteiger partial charge < -0.3 is 25.0 Å². The number of nitrogens with zero attached hydrogens (tertiary/aromatic N) is 2. The van der Waals surface area contributed by atoms with Crippen molar-refractivity contribution in [3.63, 3.8) is 0 Å². The van der Waals surface area contributed by atoms with Crippen LogP contribution in [0.1, 0.15) is 27.7 Å². The van der Waals surface area contributed by atoms with Gasteiger partial charge in [0.15, 0.2) is 5.13 Å². The second-order valence-corrected chi connectivity index (χ2v) is 8.34. The summed E-state index contributed by atoms with van der Waals surface area (Å²) in [5.41, 5.74) is 2.74. The number of rotatable bonds is 5. The lowest BCUT2D eigenvalue weighted by Crippen LogP contribution is -2.36. The number of nitrogens with one attached hydrogen (secondary N) is 2. The number of ether oxygens (including phenoxy) is 2. The third-order valence-electron chi connectivity index (χ3n) is 3.92. The minimum atomic E-state index is -0.390. The van der Waals surface area contributed by atoms with Gasteiger partial charge in [-0.15, -0.1) is 11.3 Å². The normalized spacial score (nSPS) is 13.7. The molecule has 2 aromatic rings. The van der Waals surface area contributed by atoms with E-state index in [0.29, 0.717) is 18.1 Å². The molecule has 2 heterocycles. The summed E-state index contributed by atoms with van der Waals surface area (Å²) in [4.78, 5) is 27.8. The first-order valence-corrected chi connectivity index (χ1v) is 10.8. The van der Waals surface area contributed by atoms with Crippen LogP contribution in [0.15, 0.2) is 29.6 Å². The Hall–Kier alpha value is -2.65. The van der Waals surface area contributed by atoms with Crippen molar-refractivity contribution in [2.75, 3.05) is 43.1 Å². The molecule has 1 aromatic carbocycles. The number of benzene rings is 1. The number of alkyl carbamates (subject to hydrolysis) is 1. The number of carbonyl (C=O) groups excluding carboxylic acids is 2. The number of aromatic nitrogens is 1. The Kier molecular flexibility index (Phi) is 9.07. The van der Waals surface area contributed by atoms with Crippen LogP contribution in [0, 0.1) is 0 Å². The molecule has 0 saturated carbocycles. The maximum absolute atomic E-state index is 10.7. The molecule has 2 amide bonds. The molecular formula is C21H30N4O4S. The largest absolute Gasteiger partial charge is 0.444 e. The Morgan fingerprint density at radius 3 is 2.70 bits per heavy atom. The minimum Gasteiger partial charge on any atom is -0.444 e. The maximum atomic E-state index is 10.7. The van der Waals surface area contributed by atoms with E-state index in [1.807, 2.05) is 45.2 Å². The number of thiazole rings is 1. The van der Waals surface area contributed by atoms with E-state index >= 15 is 0 Å². The van der Waals surface area contributed by atoms with Crippen molar-refractivity contribution in [3.05, 3.63) is 29.6 Å². The van der Waals surface area contributed by atoms with Crippen LogP contribution in [0.25, 0.3) is 11.3 Å². The Morgan fingerprint density at radius 2 is 2.07 bits per heavy atom. The van der Waals surface area contributed by atoms with Crippen LogP contribution in [-0.4, -0.2) is 55.9 Å². The highest BCUT2D eigenvalue weighted by Crippen LogP contribution is 2.28. The van der Waals surface area contributed by atoms with Crippen LogP contribution >= 0.6 is 11.3 Å². The Balaban J connectivity index is 0.000000274. The highest BCUT2D eigenvalue weighted by atomic mass is 32.1. The molecule has 0 radical (unpaired) electrons. The van der Waals surface area contributed by atoms with Gasteiger partial charge in [-0.05, 0) is 39.8 Å². The number of hydrogen-bond donors (Lipinski definition) is 2. The lowest BCUT2D eigenvalue weighted by Gasteiger charge is -2.29. The monoisotopic (exact) mass is 434 g/mol. The maximum Gasteiger partial charge on any atom is 0.407 e. The summed E-state index contributed by atoms with van der Waals surface area (Å²) < 4.78 is 10.3. The fraction of sp³-hybridized carbons (Fsp3) is 0.476. The van der Waals surface area contributed by atoms with Crippen LogP contribution < -0.4 is 15.5 Å². The summed E-state index contributed by atoms with van der Waals surface area (Å²) in [7, 11) is 0. The lowest BCUT2D eigenvalue weighted by atomic mass is 10.1. The van der Waals surface area contributed by atoms with Crippen molar-refractivity contribution in [2.45, 2.75) is 33.3 Å². The van der Waals surface area contributed by atoms with E-state index in [-0.39, 0.29) is 11.7 Å². The standard InChI is InChI=1S/C14H15N3O2S.C7H15NO2/c18-10-15-14-16-13(9-20-14)11-2-1-3-12(8-11)17-4-6-19-7-5-17;1-5-8-6(9)10-7(2,3)4/h1-3,8-10H,4-7H2,(H,15,16,18);5H2,1-4H3,(H,8,9). The molecule has 8 nitrogen and oxygen atoms in total. The van der Waals surface area contributed by atoms with Crippen LogP contribution in [0.5, 0.6) is 0 Å². The molecule has 164 valence electrons. The molecule has 0 bridgehead atoms. The van der Waals surface area contributed by atoms with E-state index in [9.17, 15) is 9.59 Å². The molecule has 30 heavy (non-hydrogen) atoms. The van der Waals surface area contributed by atoms with Crippen molar-refractivity contribution in [1.82, 2.24) is 10.3 Å². The molecule has 0 spiro atoms. The Labute approximate surface area is 181 Å². The molecule has 0 unspecified atom stereocenters.